The van der Waals surface area contributed by atoms with Crippen LogP contribution in [0.25, 0.3) is 0 Å². The highest BCUT2D eigenvalue weighted by Crippen LogP contribution is 2.47. The fourth-order valence-corrected chi connectivity index (χ4v) is 4.91. The van der Waals surface area contributed by atoms with Gasteiger partial charge in [-0.05, 0) is 62.1 Å². The topological polar surface area (TPSA) is 77.4 Å². The van der Waals surface area contributed by atoms with E-state index in [-0.39, 0.29) is 17.9 Å². The molecule has 6 heteroatoms. The van der Waals surface area contributed by atoms with Crippen LogP contribution >= 0.6 is 0 Å². The third-order valence-corrected chi connectivity index (χ3v) is 6.66. The van der Waals surface area contributed by atoms with Crippen molar-refractivity contribution in [1.29, 1.82) is 0 Å². The summed E-state index contributed by atoms with van der Waals surface area (Å²) in [7, 11) is 1.59. The van der Waals surface area contributed by atoms with Crippen molar-refractivity contribution in [2.24, 2.45) is 11.8 Å². The van der Waals surface area contributed by atoms with E-state index >= 15 is 0 Å². The summed E-state index contributed by atoms with van der Waals surface area (Å²) in [5.74, 6) is 2.15. The number of aliphatic hydroxyl groups excluding tert-OH is 2. The molecular formula is C24H28O6. The predicted octanol–water partition coefficient (Wildman–Crippen LogP) is 3.80. The number of rotatable bonds is 4. The molecule has 2 aromatic rings. The molecule has 0 unspecified atom stereocenters. The summed E-state index contributed by atoms with van der Waals surface area (Å²) < 4.78 is 23.3. The van der Waals surface area contributed by atoms with Crippen molar-refractivity contribution in [3.8, 4) is 23.0 Å². The molecule has 2 aromatic carbocycles. The number of hydrogen-bond donors (Lipinski definition) is 2. The van der Waals surface area contributed by atoms with Crippen LogP contribution in [0.2, 0.25) is 0 Å². The predicted molar refractivity (Wildman–Crippen MR) is 110 cm³/mol. The third kappa shape index (κ3) is 3.48. The molecule has 160 valence electrons. The van der Waals surface area contributed by atoms with Gasteiger partial charge in [0.05, 0.1) is 38.6 Å². The van der Waals surface area contributed by atoms with E-state index in [1.807, 2.05) is 30.3 Å². The van der Waals surface area contributed by atoms with Crippen LogP contribution < -0.4 is 18.9 Å². The number of benzene rings is 2. The first-order chi connectivity index (χ1) is 14.6. The quantitative estimate of drug-likeness (QED) is 0.795. The Morgan fingerprint density at radius 2 is 1.33 bits per heavy atom. The molecule has 2 N–H and O–H groups in total. The minimum absolute atomic E-state index is 0.251. The van der Waals surface area contributed by atoms with E-state index < -0.39 is 12.2 Å². The van der Waals surface area contributed by atoms with Gasteiger partial charge in [-0.3, -0.25) is 0 Å². The zero-order chi connectivity index (χ0) is 20.7. The Morgan fingerprint density at radius 1 is 0.800 bits per heavy atom. The lowest BCUT2D eigenvalue weighted by Gasteiger charge is -2.40. The molecule has 2 aliphatic heterocycles. The van der Waals surface area contributed by atoms with Gasteiger partial charge in [-0.15, -0.1) is 0 Å². The van der Waals surface area contributed by atoms with Gasteiger partial charge in [0.1, 0.15) is 23.0 Å². The molecule has 0 amide bonds. The molecule has 0 radical (unpaired) electrons. The first-order valence-corrected chi connectivity index (χ1v) is 10.7. The largest absolute Gasteiger partial charge is 0.497 e. The molecule has 3 aliphatic rings. The van der Waals surface area contributed by atoms with Crippen molar-refractivity contribution in [3.63, 3.8) is 0 Å². The van der Waals surface area contributed by atoms with Gasteiger partial charge in [0.2, 0.25) is 0 Å². The second-order valence-electron chi connectivity index (χ2n) is 8.47. The standard InChI is InChI=1S/C24H28O6/c1-27-15-6-8-21-17(10-15)23(25)19(12-28-21)20-13-29-22-9-7-16(11-18(22)24(20)26)30-14-4-2-3-5-14/h6-11,14,19-20,23-26H,2-5,12-13H2,1H3/t19-,20-,23-,24+/m0/s1. The van der Waals surface area contributed by atoms with E-state index in [1.54, 1.807) is 13.2 Å². The van der Waals surface area contributed by atoms with Crippen LogP contribution in [0.4, 0.5) is 0 Å². The lowest BCUT2D eigenvalue weighted by atomic mass is 9.77. The van der Waals surface area contributed by atoms with Crippen LogP contribution in [0, 0.1) is 11.8 Å². The van der Waals surface area contributed by atoms with Crippen LogP contribution in [0.5, 0.6) is 23.0 Å². The SMILES string of the molecule is COc1ccc2c(c1)[C@H](O)[C@H]([C@@H]1COc3ccc(OC4CCCC4)cc3[C@H]1O)CO2. The number of methoxy groups -OCH3 is 1. The van der Waals surface area contributed by atoms with E-state index in [0.29, 0.717) is 41.6 Å². The highest BCUT2D eigenvalue weighted by Gasteiger charge is 2.42. The molecule has 0 saturated heterocycles. The Kier molecular flexibility index (Phi) is 5.21. The van der Waals surface area contributed by atoms with Gasteiger partial charge in [0.15, 0.2) is 0 Å². The fourth-order valence-electron chi connectivity index (χ4n) is 4.91. The number of fused-ring (bicyclic) bond motifs is 2. The Balaban J connectivity index is 1.38. The normalized spacial score (nSPS) is 28.1. The number of hydrogen-bond acceptors (Lipinski definition) is 6. The molecule has 0 bridgehead atoms. The maximum Gasteiger partial charge on any atom is 0.125 e. The first-order valence-electron chi connectivity index (χ1n) is 10.7. The minimum Gasteiger partial charge on any atom is -0.497 e. The summed E-state index contributed by atoms with van der Waals surface area (Å²) in [5, 5.41) is 22.3. The maximum absolute atomic E-state index is 11.2. The van der Waals surface area contributed by atoms with Crippen molar-refractivity contribution in [2.45, 2.75) is 44.0 Å². The van der Waals surface area contributed by atoms with E-state index in [0.717, 1.165) is 18.6 Å². The van der Waals surface area contributed by atoms with Gasteiger partial charge < -0.3 is 29.2 Å². The smallest absolute Gasteiger partial charge is 0.125 e. The van der Waals surface area contributed by atoms with E-state index in [4.69, 9.17) is 18.9 Å². The Hall–Kier alpha value is -2.44. The van der Waals surface area contributed by atoms with Crippen molar-refractivity contribution >= 4 is 0 Å². The molecule has 4 atom stereocenters. The Morgan fingerprint density at radius 3 is 1.90 bits per heavy atom. The molecule has 5 rings (SSSR count). The zero-order valence-corrected chi connectivity index (χ0v) is 17.1. The average molecular weight is 412 g/mol. The van der Waals surface area contributed by atoms with Crippen LogP contribution in [0.3, 0.4) is 0 Å². The highest BCUT2D eigenvalue weighted by molar-refractivity contribution is 5.45. The van der Waals surface area contributed by atoms with Crippen molar-refractivity contribution in [1.82, 2.24) is 0 Å². The molecule has 0 spiro atoms. The van der Waals surface area contributed by atoms with Crippen LogP contribution in [0.15, 0.2) is 36.4 Å². The lowest BCUT2D eigenvalue weighted by molar-refractivity contribution is -0.0553. The summed E-state index contributed by atoms with van der Waals surface area (Å²) in [5.41, 5.74) is 1.40. The second-order valence-corrected chi connectivity index (χ2v) is 8.47. The average Bonchev–Trinajstić information content (AvgIpc) is 3.28. The Bertz CT molecular complexity index is 907. The molecule has 0 aromatic heterocycles. The van der Waals surface area contributed by atoms with Crippen LogP contribution in [-0.2, 0) is 0 Å². The van der Waals surface area contributed by atoms with Gasteiger partial charge in [0.25, 0.3) is 0 Å². The van der Waals surface area contributed by atoms with E-state index in [1.165, 1.54) is 12.8 Å². The molecule has 6 nitrogen and oxygen atoms in total. The zero-order valence-electron chi connectivity index (χ0n) is 17.1. The summed E-state index contributed by atoms with van der Waals surface area (Å²) in [6.07, 6.45) is 3.27. The van der Waals surface area contributed by atoms with Gasteiger partial charge >= 0.3 is 0 Å². The summed E-state index contributed by atoms with van der Waals surface area (Å²) in [4.78, 5) is 0. The molecule has 2 heterocycles. The molecular weight excluding hydrogens is 384 g/mol. The second kappa shape index (κ2) is 8.00. The van der Waals surface area contributed by atoms with Crippen LogP contribution in [-0.4, -0.2) is 36.6 Å². The van der Waals surface area contributed by atoms with Gasteiger partial charge in [-0.1, -0.05) is 0 Å². The molecule has 1 fully saturated rings. The van der Waals surface area contributed by atoms with Gasteiger partial charge in [-0.2, -0.15) is 0 Å². The molecule has 30 heavy (non-hydrogen) atoms. The minimum atomic E-state index is -0.772. The monoisotopic (exact) mass is 412 g/mol. The van der Waals surface area contributed by atoms with E-state index in [9.17, 15) is 10.2 Å². The highest BCUT2D eigenvalue weighted by atomic mass is 16.5. The number of ether oxygens (including phenoxy) is 4. The van der Waals surface area contributed by atoms with Gasteiger partial charge in [0, 0.05) is 23.0 Å². The van der Waals surface area contributed by atoms with Crippen molar-refractivity contribution < 1.29 is 29.2 Å². The molecule has 1 aliphatic carbocycles. The van der Waals surface area contributed by atoms with Crippen molar-refractivity contribution in [3.05, 3.63) is 47.5 Å². The lowest BCUT2D eigenvalue weighted by Crippen LogP contribution is -2.40. The summed E-state index contributed by atoms with van der Waals surface area (Å²) in [6.45, 7) is 0.639. The summed E-state index contributed by atoms with van der Waals surface area (Å²) >= 11 is 0. The summed E-state index contributed by atoms with van der Waals surface area (Å²) in [6, 6.07) is 11.1. The van der Waals surface area contributed by atoms with E-state index in [2.05, 4.69) is 0 Å². The van der Waals surface area contributed by atoms with Crippen molar-refractivity contribution in [2.75, 3.05) is 20.3 Å². The Labute approximate surface area is 176 Å². The fraction of sp³-hybridized carbons (Fsp3) is 0.500. The number of aliphatic hydroxyl groups is 2. The van der Waals surface area contributed by atoms with Gasteiger partial charge in [-0.25, -0.2) is 0 Å². The maximum atomic E-state index is 11.2. The van der Waals surface area contributed by atoms with Crippen LogP contribution in [0.1, 0.15) is 49.0 Å². The first kappa shape index (κ1) is 19.5. The molecule has 1 saturated carbocycles. The third-order valence-electron chi connectivity index (χ3n) is 6.66.